The van der Waals surface area contributed by atoms with Gasteiger partial charge < -0.3 is 19.6 Å². The van der Waals surface area contributed by atoms with Crippen molar-refractivity contribution in [3.63, 3.8) is 0 Å². The number of methoxy groups -OCH3 is 1. The third-order valence-electron chi connectivity index (χ3n) is 3.53. The number of fused-ring (bicyclic) bond motifs is 1. The zero-order chi connectivity index (χ0) is 17.6. The number of benzene rings is 1. The minimum atomic E-state index is -0.0564. The van der Waals surface area contributed by atoms with E-state index in [2.05, 4.69) is 25.4 Å². The normalized spacial score (nSPS) is 11.1. The zero-order valence-corrected chi connectivity index (χ0v) is 14.5. The molecule has 0 spiro atoms. The van der Waals surface area contributed by atoms with Crippen LogP contribution in [0.2, 0.25) is 5.02 Å². The van der Waals surface area contributed by atoms with Crippen molar-refractivity contribution in [2.45, 2.75) is 25.9 Å². The van der Waals surface area contributed by atoms with Crippen LogP contribution in [0, 0.1) is 0 Å². The van der Waals surface area contributed by atoms with Gasteiger partial charge in [0.15, 0.2) is 5.82 Å². The molecule has 2 aromatic heterocycles. The molecule has 1 amide bonds. The average Bonchev–Trinajstić information content (AvgIpc) is 3.19. The number of aryl methyl sites for hydroxylation is 1. The van der Waals surface area contributed by atoms with Crippen LogP contribution in [0.15, 0.2) is 22.7 Å². The van der Waals surface area contributed by atoms with Crippen LogP contribution in [0.25, 0.3) is 11.0 Å². The van der Waals surface area contributed by atoms with Gasteiger partial charge in [0.2, 0.25) is 5.91 Å². The molecule has 0 aliphatic carbocycles. The second-order valence-electron chi connectivity index (χ2n) is 5.48. The van der Waals surface area contributed by atoms with Crippen molar-refractivity contribution in [1.82, 2.24) is 25.4 Å². The number of ether oxygens (including phenoxy) is 1. The number of halogens is 1. The van der Waals surface area contributed by atoms with E-state index < -0.39 is 0 Å². The molecule has 2 N–H and O–H groups in total. The van der Waals surface area contributed by atoms with Crippen LogP contribution in [0.1, 0.15) is 24.0 Å². The van der Waals surface area contributed by atoms with Gasteiger partial charge in [-0.3, -0.25) is 4.79 Å². The number of nitrogens with one attached hydrogen (secondary N) is 2. The van der Waals surface area contributed by atoms with Gasteiger partial charge in [-0.2, -0.15) is 4.98 Å². The van der Waals surface area contributed by atoms with Crippen molar-refractivity contribution in [2.24, 2.45) is 0 Å². The molecular formula is C16H18ClN5O3. The Morgan fingerprint density at radius 2 is 2.24 bits per heavy atom. The summed E-state index contributed by atoms with van der Waals surface area (Å²) in [6.07, 6.45) is 1.37. The number of amides is 1. The first kappa shape index (κ1) is 17.4. The number of carbonyl (C=O) groups is 1. The lowest BCUT2D eigenvalue weighted by atomic mass is 10.3. The topological polar surface area (TPSA) is 106 Å². The highest BCUT2D eigenvalue weighted by Crippen LogP contribution is 2.17. The predicted molar refractivity (Wildman–Crippen MR) is 91.1 cm³/mol. The van der Waals surface area contributed by atoms with Crippen molar-refractivity contribution in [3.05, 3.63) is 40.8 Å². The Morgan fingerprint density at radius 3 is 3.08 bits per heavy atom. The minimum absolute atomic E-state index is 0.0564. The van der Waals surface area contributed by atoms with Crippen LogP contribution in [0.4, 0.5) is 0 Å². The summed E-state index contributed by atoms with van der Waals surface area (Å²) in [6, 6.07) is 5.45. The number of H-pyrrole nitrogens is 1. The Balaban J connectivity index is 1.42. The zero-order valence-electron chi connectivity index (χ0n) is 13.7. The summed E-state index contributed by atoms with van der Waals surface area (Å²) >= 11 is 5.95. The number of nitrogens with zero attached hydrogens (tertiary/aromatic N) is 3. The van der Waals surface area contributed by atoms with E-state index in [1.54, 1.807) is 13.2 Å². The van der Waals surface area contributed by atoms with Gasteiger partial charge in [-0.15, -0.1) is 0 Å². The molecule has 0 atom stereocenters. The van der Waals surface area contributed by atoms with Gasteiger partial charge in [0.25, 0.3) is 5.89 Å². The van der Waals surface area contributed by atoms with Gasteiger partial charge >= 0.3 is 0 Å². The molecule has 0 unspecified atom stereocenters. The van der Waals surface area contributed by atoms with Gasteiger partial charge in [0.1, 0.15) is 12.4 Å². The molecule has 0 aliphatic heterocycles. The first-order valence-electron chi connectivity index (χ1n) is 7.85. The maximum Gasteiger partial charge on any atom is 0.252 e. The summed E-state index contributed by atoms with van der Waals surface area (Å²) < 4.78 is 9.89. The van der Waals surface area contributed by atoms with Crippen molar-refractivity contribution in [1.29, 1.82) is 0 Å². The number of hydrogen-bond donors (Lipinski definition) is 2. The molecule has 0 aliphatic rings. The van der Waals surface area contributed by atoms with Crippen molar-refractivity contribution in [3.8, 4) is 0 Å². The van der Waals surface area contributed by atoms with Gasteiger partial charge in [-0.1, -0.05) is 16.8 Å². The molecule has 0 fully saturated rings. The van der Waals surface area contributed by atoms with Crippen molar-refractivity contribution < 1.29 is 14.1 Å². The van der Waals surface area contributed by atoms with E-state index in [1.165, 1.54) is 0 Å². The van der Waals surface area contributed by atoms with E-state index in [1.807, 2.05) is 12.1 Å². The van der Waals surface area contributed by atoms with E-state index >= 15 is 0 Å². The molecule has 9 heteroatoms. The van der Waals surface area contributed by atoms with E-state index in [4.69, 9.17) is 20.9 Å². The minimum Gasteiger partial charge on any atom is -0.375 e. The molecule has 3 rings (SSSR count). The van der Waals surface area contributed by atoms with Crippen LogP contribution in [0.3, 0.4) is 0 Å². The largest absolute Gasteiger partial charge is 0.375 e. The molecule has 0 bridgehead atoms. The lowest BCUT2D eigenvalue weighted by molar-refractivity contribution is -0.121. The maximum atomic E-state index is 11.9. The second-order valence-corrected chi connectivity index (χ2v) is 5.92. The summed E-state index contributed by atoms with van der Waals surface area (Å²) in [5, 5.41) is 7.29. The van der Waals surface area contributed by atoms with E-state index in [9.17, 15) is 4.79 Å². The molecule has 8 nitrogen and oxygen atoms in total. The van der Waals surface area contributed by atoms with Gasteiger partial charge in [-0.25, -0.2) is 4.98 Å². The van der Waals surface area contributed by atoms with Gasteiger partial charge in [0.05, 0.1) is 11.0 Å². The Hall–Kier alpha value is -2.45. The highest BCUT2D eigenvalue weighted by Gasteiger charge is 2.09. The highest BCUT2D eigenvalue weighted by molar-refractivity contribution is 6.31. The lowest BCUT2D eigenvalue weighted by Gasteiger charge is -2.02. The Labute approximate surface area is 148 Å². The quantitative estimate of drug-likeness (QED) is 0.634. The number of imidazole rings is 1. The lowest BCUT2D eigenvalue weighted by Crippen LogP contribution is -2.26. The van der Waals surface area contributed by atoms with Gasteiger partial charge in [-0.05, 0) is 18.2 Å². The number of aromatic nitrogens is 4. The van der Waals surface area contributed by atoms with Crippen LogP contribution in [-0.4, -0.2) is 39.7 Å². The van der Waals surface area contributed by atoms with Crippen molar-refractivity contribution >= 4 is 28.5 Å². The number of carbonyl (C=O) groups excluding carboxylic acids is 1. The fraction of sp³-hybridized carbons (Fsp3) is 0.375. The Bertz CT molecular complexity index is 860. The van der Waals surface area contributed by atoms with E-state index in [0.29, 0.717) is 42.5 Å². The fourth-order valence-electron chi connectivity index (χ4n) is 2.36. The monoisotopic (exact) mass is 363 g/mol. The SMILES string of the molecule is COCc1nc(CCNC(=O)CCc2nc3ccc(Cl)cc3[nH]2)no1. The summed E-state index contributed by atoms with van der Waals surface area (Å²) in [4.78, 5) is 23.7. The first-order valence-corrected chi connectivity index (χ1v) is 8.23. The van der Waals surface area contributed by atoms with Crippen LogP contribution in [-0.2, 0) is 29.0 Å². The summed E-state index contributed by atoms with van der Waals surface area (Å²) in [6.45, 7) is 0.725. The molecule has 1 aromatic carbocycles. The van der Waals surface area contributed by atoms with Crippen LogP contribution < -0.4 is 5.32 Å². The molecule has 132 valence electrons. The third kappa shape index (κ3) is 4.77. The van der Waals surface area contributed by atoms with Crippen LogP contribution >= 0.6 is 11.6 Å². The molecule has 2 heterocycles. The smallest absolute Gasteiger partial charge is 0.252 e. The number of hydrogen-bond acceptors (Lipinski definition) is 6. The average molecular weight is 364 g/mol. The highest BCUT2D eigenvalue weighted by atomic mass is 35.5. The van der Waals surface area contributed by atoms with E-state index in [-0.39, 0.29) is 12.5 Å². The standard InChI is InChI=1S/C16H18ClN5O3/c1-24-9-16-21-14(22-25-16)6-7-18-15(23)5-4-13-19-11-3-2-10(17)8-12(11)20-13/h2-3,8H,4-7,9H2,1H3,(H,18,23)(H,19,20). The molecule has 0 saturated heterocycles. The number of rotatable bonds is 8. The Kier molecular flexibility index (Phi) is 5.62. The fourth-order valence-corrected chi connectivity index (χ4v) is 2.53. The summed E-state index contributed by atoms with van der Waals surface area (Å²) in [7, 11) is 1.56. The molecule has 25 heavy (non-hydrogen) atoms. The summed E-state index contributed by atoms with van der Waals surface area (Å²) in [5.74, 6) is 1.67. The van der Waals surface area contributed by atoms with Crippen molar-refractivity contribution in [2.75, 3.05) is 13.7 Å². The van der Waals surface area contributed by atoms with E-state index in [0.717, 1.165) is 16.9 Å². The third-order valence-corrected chi connectivity index (χ3v) is 3.77. The van der Waals surface area contributed by atoms with Crippen LogP contribution in [0.5, 0.6) is 0 Å². The molecule has 0 radical (unpaired) electrons. The van der Waals surface area contributed by atoms with Gasteiger partial charge in [0, 0.05) is 37.9 Å². The molecular weight excluding hydrogens is 346 g/mol. The first-order chi connectivity index (χ1) is 12.1. The summed E-state index contributed by atoms with van der Waals surface area (Å²) in [5.41, 5.74) is 1.70. The molecule has 0 saturated carbocycles. The Morgan fingerprint density at radius 1 is 1.36 bits per heavy atom. The maximum absolute atomic E-state index is 11.9. The number of aromatic amines is 1. The molecule has 3 aromatic rings. The predicted octanol–water partition coefficient (Wildman–Crippen LogP) is 2.04. The second kappa shape index (κ2) is 8.09.